The third-order valence-electron chi connectivity index (χ3n) is 6.79. The fraction of sp³-hybridized carbons (Fsp3) is 0.321. The summed E-state index contributed by atoms with van der Waals surface area (Å²) < 4.78 is 36.1. The summed E-state index contributed by atoms with van der Waals surface area (Å²) >= 11 is 0. The molecule has 0 bridgehead atoms. The molecule has 1 unspecified atom stereocenters. The molecule has 3 aromatic heterocycles. The number of nitrogens with one attached hydrogen (secondary N) is 1. The lowest BCUT2D eigenvalue weighted by molar-refractivity contribution is -0.130. The molecule has 208 valence electrons. The molecule has 11 nitrogen and oxygen atoms in total. The van der Waals surface area contributed by atoms with Gasteiger partial charge in [-0.1, -0.05) is 24.3 Å². The number of nitrogens with zero attached hydrogens (tertiary/aromatic N) is 6. The number of carbonyl (C=O) groups is 1. The highest BCUT2D eigenvalue weighted by Crippen LogP contribution is 2.30. The Labute approximate surface area is 233 Å². The van der Waals surface area contributed by atoms with Gasteiger partial charge in [0.2, 0.25) is 17.7 Å². The maximum atomic E-state index is 13.0. The van der Waals surface area contributed by atoms with E-state index >= 15 is 0 Å². The van der Waals surface area contributed by atoms with Crippen LogP contribution in [0.25, 0.3) is 11.3 Å². The number of hydrogen-bond acceptors (Lipinski definition) is 8. The molecule has 1 atom stereocenters. The summed E-state index contributed by atoms with van der Waals surface area (Å²) in [6.45, 7) is 4.93. The zero-order chi connectivity index (χ0) is 28.3. The van der Waals surface area contributed by atoms with Crippen LogP contribution in [-0.2, 0) is 28.3 Å². The van der Waals surface area contributed by atoms with Crippen molar-refractivity contribution in [3.63, 3.8) is 0 Å². The first-order valence-electron chi connectivity index (χ1n) is 13.0. The van der Waals surface area contributed by atoms with Gasteiger partial charge >= 0.3 is 0 Å². The number of hydrogen-bond donors (Lipinski definition) is 1. The molecule has 4 aromatic rings. The van der Waals surface area contributed by atoms with Gasteiger partial charge in [0, 0.05) is 56.7 Å². The van der Waals surface area contributed by atoms with Crippen LogP contribution in [0.5, 0.6) is 5.88 Å². The van der Waals surface area contributed by atoms with Crippen molar-refractivity contribution in [2.75, 3.05) is 17.8 Å². The molecular formula is C28H31N7O4S. The second-order valence-corrected chi connectivity index (χ2v) is 11.5. The number of likely N-dealkylation sites (tertiary alicyclic amines) is 1. The van der Waals surface area contributed by atoms with Gasteiger partial charge in [-0.05, 0) is 43.0 Å². The topological polar surface area (TPSA) is 132 Å². The molecular weight excluding hydrogens is 530 g/mol. The second-order valence-electron chi connectivity index (χ2n) is 9.87. The average Bonchev–Trinajstić information content (AvgIpc) is 3.57. The minimum atomic E-state index is -3.98. The Balaban J connectivity index is 1.36. The van der Waals surface area contributed by atoms with E-state index in [9.17, 15) is 13.2 Å². The maximum absolute atomic E-state index is 13.0. The number of sulfonamides is 1. The third-order valence-corrected chi connectivity index (χ3v) is 8.08. The molecule has 1 aliphatic heterocycles. The molecule has 0 aliphatic carbocycles. The quantitative estimate of drug-likeness (QED) is 0.329. The predicted molar refractivity (Wildman–Crippen MR) is 149 cm³/mol. The van der Waals surface area contributed by atoms with Gasteiger partial charge in [0.1, 0.15) is 11.0 Å². The monoisotopic (exact) mass is 561 g/mol. The van der Waals surface area contributed by atoms with Crippen molar-refractivity contribution in [1.29, 1.82) is 0 Å². The number of rotatable bonds is 9. The standard InChI is InChI=1S/C28H31N7O4S/c1-19-6-4-7-20(2)27(19)24-14-25(32-28(31-24)33-40(37,38)23-16-30-34(3)18-23)39-22-11-13-35(17-22)26(36)10-9-21-8-5-12-29-15-21/h4-8,12,14-16,18,22H,9-11,13,17H2,1-3H3,(H,31,32,33). The number of carbonyl (C=O) groups excluding carboxylic acids is 1. The summed E-state index contributed by atoms with van der Waals surface area (Å²) in [6.07, 6.45) is 7.50. The number of aryl methyl sites for hydroxylation is 4. The lowest BCUT2D eigenvalue weighted by Crippen LogP contribution is -2.31. The van der Waals surface area contributed by atoms with Crippen LogP contribution in [0.4, 0.5) is 5.95 Å². The molecule has 5 rings (SSSR count). The van der Waals surface area contributed by atoms with Crippen LogP contribution >= 0.6 is 0 Å². The molecule has 0 saturated carbocycles. The Morgan fingerprint density at radius 2 is 1.93 bits per heavy atom. The highest BCUT2D eigenvalue weighted by molar-refractivity contribution is 7.92. The Bertz CT molecular complexity index is 1600. The lowest BCUT2D eigenvalue weighted by Gasteiger charge is -2.18. The van der Waals surface area contributed by atoms with Crippen molar-refractivity contribution in [3.05, 3.63) is 77.9 Å². The summed E-state index contributed by atoms with van der Waals surface area (Å²) in [4.78, 5) is 27.6. The fourth-order valence-corrected chi connectivity index (χ4v) is 5.70. The number of aromatic nitrogens is 5. The number of ether oxygens (including phenoxy) is 1. The van der Waals surface area contributed by atoms with E-state index in [0.717, 1.165) is 22.3 Å². The molecule has 1 aromatic carbocycles. The molecule has 1 N–H and O–H groups in total. The van der Waals surface area contributed by atoms with Crippen molar-refractivity contribution in [3.8, 4) is 17.1 Å². The van der Waals surface area contributed by atoms with Crippen LogP contribution in [0.1, 0.15) is 29.5 Å². The average molecular weight is 562 g/mol. The summed E-state index contributed by atoms with van der Waals surface area (Å²) in [6, 6.07) is 11.4. The molecule has 0 radical (unpaired) electrons. The number of anilines is 1. The second kappa shape index (κ2) is 11.4. The SMILES string of the molecule is Cc1cccc(C)c1-c1cc(OC2CCN(C(=O)CCc3cccnc3)C2)nc(NS(=O)(=O)c2cnn(C)c2)n1. The van der Waals surface area contributed by atoms with Crippen molar-refractivity contribution >= 4 is 21.9 Å². The first kappa shape index (κ1) is 27.3. The highest BCUT2D eigenvalue weighted by Gasteiger charge is 2.28. The Kier molecular flexibility index (Phi) is 7.78. The summed E-state index contributed by atoms with van der Waals surface area (Å²) in [5, 5.41) is 3.95. The van der Waals surface area contributed by atoms with Gasteiger partial charge in [0.15, 0.2) is 0 Å². The van der Waals surface area contributed by atoms with Gasteiger partial charge in [0.05, 0.1) is 18.4 Å². The third kappa shape index (κ3) is 6.28. The van der Waals surface area contributed by atoms with Crippen LogP contribution in [0, 0.1) is 13.8 Å². The molecule has 1 saturated heterocycles. The van der Waals surface area contributed by atoms with E-state index in [1.54, 1.807) is 30.4 Å². The van der Waals surface area contributed by atoms with E-state index in [4.69, 9.17) is 4.74 Å². The van der Waals surface area contributed by atoms with Crippen molar-refractivity contribution in [2.24, 2.45) is 7.05 Å². The Hall–Kier alpha value is -4.32. The van der Waals surface area contributed by atoms with E-state index in [1.807, 2.05) is 44.2 Å². The van der Waals surface area contributed by atoms with E-state index in [0.29, 0.717) is 38.0 Å². The van der Waals surface area contributed by atoms with E-state index in [1.165, 1.54) is 17.1 Å². The first-order valence-corrected chi connectivity index (χ1v) is 14.5. The molecule has 1 aliphatic rings. The summed E-state index contributed by atoms with van der Waals surface area (Å²) in [5.41, 5.74) is 4.39. The zero-order valence-corrected chi connectivity index (χ0v) is 23.4. The van der Waals surface area contributed by atoms with Gasteiger partial charge in [-0.2, -0.15) is 10.1 Å². The van der Waals surface area contributed by atoms with Gasteiger partial charge in [-0.3, -0.25) is 14.5 Å². The van der Waals surface area contributed by atoms with Crippen LogP contribution < -0.4 is 9.46 Å². The highest BCUT2D eigenvalue weighted by atomic mass is 32.2. The summed E-state index contributed by atoms with van der Waals surface area (Å²) in [7, 11) is -2.34. The molecule has 1 fully saturated rings. The van der Waals surface area contributed by atoms with Crippen LogP contribution in [0.3, 0.4) is 0 Å². The number of amides is 1. The van der Waals surface area contributed by atoms with Crippen molar-refractivity contribution < 1.29 is 17.9 Å². The zero-order valence-electron chi connectivity index (χ0n) is 22.6. The number of benzene rings is 1. The molecule has 0 spiro atoms. The number of pyridine rings is 1. The predicted octanol–water partition coefficient (Wildman–Crippen LogP) is 3.30. The maximum Gasteiger partial charge on any atom is 0.267 e. The van der Waals surface area contributed by atoms with Crippen molar-refractivity contribution in [1.82, 2.24) is 29.6 Å². The Morgan fingerprint density at radius 3 is 2.62 bits per heavy atom. The van der Waals surface area contributed by atoms with E-state index in [2.05, 4.69) is 24.8 Å². The molecule has 4 heterocycles. The fourth-order valence-electron chi connectivity index (χ4n) is 4.77. The largest absolute Gasteiger partial charge is 0.472 e. The van der Waals surface area contributed by atoms with Gasteiger partial charge in [-0.25, -0.2) is 18.1 Å². The van der Waals surface area contributed by atoms with Crippen LogP contribution in [-0.4, -0.2) is 63.2 Å². The Morgan fingerprint density at radius 1 is 1.12 bits per heavy atom. The van der Waals surface area contributed by atoms with Gasteiger partial charge in [-0.15, -0.1) is 0 Å². The lowest BCUT2D eigenvalue weighted by atomic mass is 10.00. The molecule has 1 amide bonds. The molecule has 12 heteroatoms. The summed E-state index contributed by atoms with van der Waals surface area (Å²) in [5.74, 6) is 0.173. The normalized spacial score (nSPS) is 15.3. The van der Waals surface area contributed by atoms with Gasteiger partial charge < -0.3 is 9.64 Å². The smallest absolute Gasteiger partial charge is 0.267 e. The van der Waals surface area contributed by atoms with Crippen LogP contribution in [0.15, 0.2) is 66.1 Å². The van der Waals surface area contributed by atoms with Gasteiger partial charge in [0.25, 0.3) is 10.0 Å². The van der Waals surface area contributed by atoms with Crippen LogP contribution in [0.2, 0.25) is 0 Å². The minimum Gasteiger partial charge on any atom is -0.472 e. The van der Waals surface area contributed by atoms with E-state index in [-0.39, 0.29) is 28.7 Å². The minimum absolute atomic E-state index is 0.00484. The van der Waals surface area contributed by atoms with E-state index < -0.39 is 10.0 Å². The molecule has 40 heavy (non-hydrogen) atoms. The first-order chi connectivity index (χ1) is 19.2. The van der Waals surface area contributed by atoms with Crippen molar-refractivity contribution in [2.45, 2.75) is 44.1 Å².